The molecule has 140 valence electrons. The zero-order valence-electron chi connectivity index (χ0n) is 14.6. The Labute approximate surface area is 162 Å². The van der Waals surface area contributed by atoms with Crippen LogP contribution in [0, 0.1) is 0 Å². The van der Waals surface area contributed by atoms with E-state index in [4.69, 9.17) is 0 Å². The Kier molecular flexibility index (Phi) is 5.79. The number of rotatable bonds is 5. The van der Waals surface area contributed by atoms with E-state index < -0.39 is 9.84 Å². The molecule has 1 heterocycles. The summed E-state index contributed by atoms with van der Waals surface area (Å²) in [5, 5.41) is 9.78. The fraction of sp³-hybridized carbons (Fsp3) is 0.158. The number of aliphatic imine (C=N–C) groups is 1. The van der Waals surface area contributed by atoms with Gasteiger partial charge in [0.15, 0.2) is 15.0 Å². The standard InChI is InChI=1S/C19H18N2O4S2/c1-27(24,25)16-9-7-14(8-10-16)13-17-18(23)21(11-12-22)19(26-17)20-15-5-3-2-4-6-15/h2-10,13,22H,11-12H2,1H3/b17-13-,20-19?. The molecule has 1 N–H and O–H groups in total. The van der Waals surface area contributed by atoms with Gasteiger partial charge in [-0.25, -0.2) is 13.4 Å². The maximum Gasteiger partial charge on any atom is 0.266 e. The van der Waals surface area contributed by atoms with Gasteiger partial charge in [0.25, 0.3) is 5.91 Å². The maximum absolute atomic E-state index is 12.7. The van der Waals surface area contributed by atoms with Crippen LogP contribution < -0.4 is 0 Å². The van der Waals surface area contributed by atoms with E-state index in [0.29, 0.717) is 15.6 Å². The molecular weight excluding hydrogens is 384 g/mol. The first-order valence-electron chi connectivity index (χ1n) is 8.14. The van der Waals surface area contributed by atoms with Gasteiger partial charge in [0.2, 0.25) is 0 Å². The molecule has 0 aromatic heterocycles. The number of amidine groups is 1. The molecule has 3 rings (SSSR count). The van der Waals surface area contributed by atoms with E-state index in [1.54, 1.807) is 18.2 Å². The number of aliphatic hydroxyl groups excluding tert-OH is 1. The fourth-order valence-electron chi connectivity index (χ4n) is 2.46. The molecule has 0 atom stereocenters. The van der Waals surface area contributed by atoms with E-state index in [2.05, 4.69) is 4.99 Å². The van der Waals surface area contributed by atoms with E-state index in [-0.39, 0.29) is 24.0 Å². The number of nitrogens with zero attached hydrogens (tertiary/aromatic N) is 2. The highest BCUT2D eigenvalue weighted by Gasteiger charge is 2.32. The second kappa shape index (κ2) is 8.08. The molecule has 2 aromatic carbocycles. The van der Waals surface area contributed by atoms with Crippen LogP contribution in [0.1, 0.15) is 5.56 Å². The molecule has 0 bridgehead atoms. The van der Waals surface area contributed by atoms with Crippen LogP contribution in [-0.2, 0) is 14.6 Å². The molecule has 2 aromatic rings. The lowest BCUT2D eigenvalue weighted by Crippen LogP contribution is -2.31. The molecule has 1 amide bonds. The third-order valence-corrected chi connectivity index (χ3v) is 5.93. The highest BCUT2D eigenvalue weighted by Crippen LogP contribution is 2.34. The van der Waals surface area contributed by atoms with Gasteiger partial charge in [-0.3, -0.25) is 9.69 Å². The van der Waals surface area contributed by atoms with Gasteiger partial charge < -0.3 is 5.11 Å². The Balaban J connectivity index is 1.91. The molecular formula is C19H18N2O4S2. The first-order chi connectivity index (χ1) is 12.9. The van der Waals surface area contributed by atoms with Crippen LogP contribution in [0.3, 0.4) is 0 Å². The minimum Gasteiger partial charge on any atom is -0.395 e. The van der Waals surface area contributed by atoms with Gasteiger partial charge in [0.05, 0.1) is 28.6 Å². The number of benzene rings is 2. The normalized spacial score (nSPS) is 17.9. The minimum atomic E-state index is -3.27. The van der Waals surface area contributed by atoms with Gasteiger partial charge in [-0.2, -0.15) is 0 Å². The molecule has 27 heavy (non-hydrogen) atoms. The van der Waals surface area contributed by atoms with Crippen LogP contribution in [0.2, 0.25) is 0 Å². The van der Waals surface area contributed by atoms with Crippen molar-refractivity contribution in [3.05, 3.63) is 65.1 Å². The fourth-order valence-corrected chi connectivity index (χ4v) is 4.12. The SMILES string of the molecule is CS(=O)(=O)c1ccc(/C=C2\SC(=Nc3ccccc3)N(CCO)C2=O)cc1. The summed E-state index contributed by atoms with van der Waals surface area (Å²) in [5.41, 5.74) is 1.43. The van der Waals surface area contributed by atoms with E-state index in [1.165, 1.54) is 28.8 Å². The molecule has 1 aliphatic heterocycles. The Morgan fingerprint density at radius 3 is 2.37 bits per heavy atom. The number of hydrogen-bond acceptors (Lipinski definition) is 6. The summed E-state index contributed by atoms with van der Waals surface area (Å²) in [7, 11) is -3.27. The van der Waals surface area contributed by atoms with Crippen LogP contribution in [0.25, 0.3) is 6.08 Å². The molecule has 8 heteroatoms. The van der Waals surface area contributed by atoms with Gasteiger partial charge in [-0.1, -0.05) is 30.3 Å². The summed E-state index contributed by atoms with van der Waals surface area (Å²) in [5.74, 6) is -0.240. The molecule has 1 saturated heterocycles. The van der Waals surface area contributed by atoms with Crippen LogP contribution in [0.5, 0.6) is 0 Å². The third kappa shape index (κ3) is 4.65. The Morgan fingerprint density at radius 2 is 1.78 bits per heavy atom. The first-order valence-corrected chi connectivity index (χ1v) is 10.9. The lowest BCUT2D eigenvalue weighted by molar-refractivity contribution is -0.122. The Morgan fingerprint density at radius 1 is 1.11 bits per heavy atom. The van der Waals surface area contributed by atoms with Crippen molar-refractivity contribution < 1.29 is 18.3 Å². The number of hydrogen-bond donors (Lipinski definition) is 1. The Hall–Kier alpha value is -2.42. The van der Waals surface area contributed by atoms with Gasteiger partial charge in [0.1, 0.15) is 0 Å². The molecule has 1 fully saturated rings. The minimum absolute atomic E-state index is 0.155. The van der Waals surface area contributed by atoms with Gasteiger partial charge in [-0.15, -0.1) is 0 Å². The number of thioether (sulfide) groups is 1. The van der Waals surface area contributed by atoms with Crippen molar-refractivity contribution in [3.63, 3.8) is 0 Å². The zero-order valence-corrected chi connectivity index (χ0v) is 16.2. The summed E-state index contributed by atoms with van der Waals surface area (Å²) >= 11 is 1.22. The average molecular weight is 402 g/mol. The molecule has 0 saturated carbocycles. The molecule has 1 aliphatic rings. The van der Waals surface area contributed by atoms with Crippen molar-refractivity contribution in [1.29, 1.82) is 0 Å². The van der Waals surface area contributed by atoms with Crippen molar-refractivity contribution in [3.8, 4) is 0 Å². The number of amides is 1. The maximum atomic E-state index is 12.7. The predicted octanol–water partition coefficient (Wildman–Crippen LogP) is 2.69. The van der Waals surface area contributed by atoms with Crippen molar-refractivity contribution >= 4 is 44.4 Å². The molecule has 6 nitrogen and oxygen atoms in total. The number of para-hydroxylation sites is 1. The second-order valence-corrected chi connectivity index (χ2v) is 8.89. The van der Waals surface area contributed by atoms with E-state index in [1.807, 2.05) is 30.3 Å². The summed E-state index contributed by atoms with van der Waals surface area (Å²) in [6.45, 7) is -0.0156. The summed E-state index contributed by atoms with van der Waals surface area (Å²) in [6, 6.07) is 15.6. The monoisotopic (exact) mass is 402 g/mol. The predicted molar refractivity (Wildman–Crippen MR) is 107 cm³/mol. The van der Waals surface area contributed by atoms with Crippen LogP contribution in [0.4, 0.5) is 5.69 Å². The number of β-amino-alcohol motifs (C(OH)–C–C–N with tert-alkyl or cyclic N) is 1. The van der Waals surface area contributed by atoms with Gasteiger partial charge >= 0.3 is 0 Å². The van der Waals surface area contributed by atoms with Crippen LogP contribution in [-0.4, -0.2) is 48.9 Å². The quantitative estimate of drug-likeness (QED) is 0.777. The van der Waals surface area contributed by atoms with Gasteiger partial charge in [-0.05, 0) is 47.7 Å². The highest BCUT2D eigenvalue weighted by molar-refractivity contribution is 8.18. The molecule has 0 spiro atoms. The average Bonchev–Trinajstić information content (AvgIpc) is 2.91. The zero-order chi connectivity index (χ0) is 19.4. The number of carbonyl (C=O) groups excluding carboxylic acids is 1. The smallest absolute Gasteiger partial charge is 0.266 e. The van der Waals surface area contributed by atoms with Crippen molar-refractivity contribution in [2.24, 2.45) is 4.99 Å². The summed E-state index contributed by atoms with van der Waals surface area (Å²) in [4.78, 5) is 19.3. The largest absolute Gasteiger partial charge is 0.395 e. The lowest BCUT2D eigenvalue weighted by atomic mass is 10.2. The first kappa shape index (κ1) is 19.3. The number of aliphatic hydroxyl groups is 1. The molecule has 0 aliphatic carbocycles. The molecule has 0 radical (unpaired) electrons. The summed E-state index contributed by atoms with van der Waals surface area (Å²) in [6.07, 6.45) is 2.84. The van der Waals surface area contributed by atoms with Crippen molar-refractivity contribution in [2.75, 3.05) is 19.4 Å². The third-order valence-electron chi connectivity index (χ3n) is 3.80. The van der Waals surface area contributed by atoms with Crippen LogP contribution in [0.15, 0.2) is 69.4 Å². The second-order valence-electron chi connectivity index (χ2n) is 5.86. The topological polar surface area (TPSA) is 87.0 Å². The van der Waals surface area contributed by atoms with E-state index in [0.717, 1.165) is 11.9 Å². The van der Waals surface area contributed by atoms with Crippen molar-refractivity contribution in [2.45, 2.75) is 4.90 Å². The highest BCUT2D eigenvalue weighted by atomic mass is 32.2. The Bertz CT molecular complexity index is 998. The lowest BCUT2D eigenvalue weighted by Gasteiger charge is -2.13. The van der Waals surface area contributed by atoms with E-state index >= 15 is 0 Å². The summed E-state index contributed by atoms with van der Waals surface area (Å²) < 4.78 is 23.1. The van der Waals surface area contributed by atoms with Gasteiger partial charge in [0, 0.05) is 6.26 Å². The van der Waals surface area contributed by atoms with E-state index in [9.17, 15) is 18.3 Å². The number of sulfone groups is 1. The number of carbonyl (C=O) groups is 1. The molecule has 0 unspecified atom stereocenters. The van der Waals surface area contributed by atoms with Crippen LogP contribution >= 0.6 is 11.8 Å². The van der Waals surface area contributed by atoms with Crippen molar-refractivity contribution in [1.82, 2.24) is 4.90 Å².